The number of aryl methyl sites for hydroxylation is 1. The number of carbonyl (C=O) groups excluding carboxylic acids is 2. The molecule has 10 nitrogen and oxygen atoms in total. The summed E-state index contributed by atoms with van der Waals surface area (Å²) in [5.41, 5.74) is -5.89. The molecule has 2 aromatic rings. The van der Waals surface area contributed by atoms with Crippen molar-refractivity contribution in [2.45, 2.75) is 196 Å². The fraction of sp³-hybridized carbons (Fsp3) is 0.719. The van der Waals surface area contributed by atoms with Gasteiger partial charge in [0.25, 0.3) is 0 Å². The van der Waals surface area contributed by atoms with Crippen molar-refractivity contribution in [1.29, 1.82) is 0 Å². The number of aliphatic hydroxyl groups is 6. The maximum Gasteiger partial charge on any atom is 0.331 e. The first-order chi connectivity index (χ1) is 35.7. The van der Waals surface area contributed by atoms with E-state index < -0.39 is 80.5 Å². The van der Waals surface area contributed by atoms with Crippen molar-refractivity contribution in [3.8, 4) is 11.8 Å². The van der Waals surface area contributed by atoms with Crippen LogP contribution in [0.15, 0.2) is 66.2 Å². The Morgan fingerprint density at radius 3 is 2.35 bits per heavy atom. The molecule has 19 atom stereocenters. The van der Waals surface area contributed by atoms with Crippen LogP contribution < -0.4 is 5.32 Å². The van der Waals surface area contributed by atoms with Gasteiger partial charge in [0, 0.05) is 52.2 Å². The fourth-order valence-corrected chi connectivity index (χ4v) is 21.6. The summed E-state index contributed by atoms with van der Waals surface area (Å²) in [7, 11) is 0. The van der Waals surface area contributed by atoms with Crippen LogP contribution in [0.4, 0.5) is 0 Å². The fourth-order valence-electron chi connectivity index (χ4n) is 21.6. The Morgan fingerprint density at radius 1 is 0.811 bits per heavy atom. The van der Waals surface area contributed by atoms with Gasteiger partial charge in [0.1, 0.15) is 23.6 Å². The molecular formula is C64H83NO9. The van der Waals surface area contributed by atoms with Gasteiger partial charge in [-0.3, -0.25) is 5.32 Å². The molecule has 4 bridgehead atoms. The highest BCUT2D eigenvalue weighted by Gasteiger charge is 2.87. The van der Waals surface area contributed by atoms with E-state index in [0.717, 1.165) is 93.6 Å². The lowest BCUT2D eigenvalue weighted by Crippen LogP contribution is -2.86. The topological polar surface area (TPSA) is 177 Å². The Balaban J connectivity index is 0.989. The van der Waals surface area contributed by atoms with Crippen LogP contribution in [0.1, 0.15) is 158 Å². The summed E-state index contributed by atoms with van der Waals surface area (Å²) in [5.74, 6) is 4.72. The molecule has 9 saturated carbocycles. The smallest absolute Gasteiger partial charge is 0.331 e. The lowest BCUT2D eigenvalue weighted by molar-refractivity contribution is -0.385. The van der Waals surface area contributed by atoms with Crippen LogP contribution in [0, 0.1) is 92.7 Å². The van der Waals surface area contributed by atoms with Crippen molar-refractivity contribution < 1.29 is 45.0 Å². The van der Waals surface area contributed by atoms with Crippen LogP contribution in [-0.2, 0) is 27.2 Å². The third-order valence-corrected chi connectivity index (χ3v) is 24.6. The van der Waals surface area contributed by atoms with Crippen LogP contribution in [0.25, 0.3) is 0 Å². The van der Waals surface area contributed by atoms with E-state index in [1.165, 1.54) is 18.4 Å². The minimum atomic E-state index is -2.25. The molecular weight excluding hydrogens is 927 g/mol. The Bertz CT molecular complexity index is 2600. The number of aliphatic hydroxyl groups excluding tert-OH is 3. The number of hydrogen-bond donors (Lipinski definition) is 7. The summed E-state index contributed by atoms with van der Waals surface area (Å²) in [6.45, 7) is 2.06. The second-order valence-corrected chi connectivity index (χ2v) is 27.3. The summed E-state index contributed by atoms with van der Waals surface area (Å²) in [5, 5.41) is 85.7. The maximum absolute atomic E-state index is 15.3. The van der Waals surface area contributed by atoms with E-state index in [2.05, 4.69) is 60.5 Å². The quantitative estimate of drug-likeness (QED) is 0.0592. The average Bonchev–Trinajstić information content (AvgIpc) is 4.37. The highest BCUT2D eigenvalue weighted by Crippen LogP contribution is 2.80. The van der Waals surface area contributed by atoms with Crippen LogP contribution in [-0.4, -0.2) is 90.8 Å². The summed E-state index contributed by atoms with van der Waals surface area (Å²) in [6, 6.07) is 18.4. The number of carbonyl (C=O) groups is 2. The van der Waals surface area contributed by atoms with Crippen LogP contribution in [0.3, 0.4) is 0 Å². The Morgan fingerprint density at radius 2 is 1.58 bits per heavy atom. The molecule has 9 fully saturated rings. The highest BCUT2D eigenvalue weighted by molar-refractivity contribution is 5.86. The Kier molecular flexibility index (Phi) is 12.2. The Hall–Kier alpha value is -3.40. The number of ether oxygens (including phenoxy) is 1. The van der Waals surface area contributed by atoms with Crippen molar-refractivity contribution in [2.75, 3.05) is 6.73 Å². The standard InChI is InChI=1S/C64H83NO9/c1-39(42-13-5-6-14-42)44-19-20-49-56(69)59(27-21-41(33-59)18-17-40-11-3-2-4-12-40)36-61(37-66)52-23-28-60-35-58(24-9-10-25-58)26-22-43-15-7-8-16-45(43)31-51(65-38-67)47-29-46(54(60)48-32-53(68)74-55(47)48)34-62(60,71)64(52,73)57(70)50(30-44)63(49,61)72/h2-4,7-8,11-12,15-16,32,37,39,41-42,44,46-47,49-52,54-57,65,67,69-73H,5-6,9-10,13-14,17-21,23-25,27-31,33-36,38H2,1H3/t39-,41+,44-,46+,47-,49-,50+,51-,52-,54-,55-,56-,57-,59+,60+,61+,62-,63-,64-/m1/s1. The maximum atomic E-state index is 15.3. The van der Waals surface area contributed by atoms with Crippen molar-refractivity contribution in [3.63, 3.8) is 0 Å². The number of benzene rings is 2. The molecule has 0 saturated heterocycles. The zero-order valence-corrected chi connectivity index (χ0v) is 43.8. The molecule has 0 radical (unpaired) electrons. The van der Waals surface area contributed by atoms with Gasteiger partial charge in [0.05, 0.1) is 30.0 Å². The first-order valence-corrected chi connectivity index (χ1v) is 29.6. The predicted octanol–water partition coefficient (Wildman–Crippen LogP) is 8.15. The van der Waals surface area contributed by atoms with E-state index in [4.69, 9.17) is 4.74 Å². The van der Waals surface area contributed by atoms with Gasteiger partial charge in [-0.1, -0.05) is 106 Å². The van der Waals surface area contributed by atoms with E-state index in [9.17, 15) is 30.3 Å². The lowest BCUT2D eigenvalue weighted by atomic mass is 9.32. The normalized spacial score (nSPS) is 47.1. The monoisotopic (exact) mass is 1010 g/mol. The number of fused-ring (bicyclic) bond motifs is 4. The van der Waals surface area contributed by atoms with Crippen LogP contribution in [0.5, 0.6) is 0 Å². The highest BCUT2D eigenvalue weighted by atomic mass is 16.5. The largest absolute Gasteiger partial charge is 0.454 e. The van der Waals surface area contributed by atoms with E-state index in [1.54, 1.807) is 6.08 Å². The molecule has 2 aromatic carbocycles. The van der Waals surface area contributed by atoms with Crippen molar-refractivity contribution in [2.24, 2.45) is 80.8 Å². The first-order valence-electron chi connectivity index (χ1n) is 29.6. The minimum Gasteiger partial charge on any atom is -0.454 e. The molecule has 3 spiro atoms. The van der Waals surface area contributed by atoms with E-state index >= 15 is 9.90 Å². The van der Waals surface area contributed by atoms with Gasteiger partial charge >= 0.3 is 5.97 Å². The minimum absolute atomic E-state index is 0.0751. The average molecular weight is 1010 g/mol. The number of aldehydes is 1. The molecule has 0 amide bonds. The predicted molar refractivity (Wildman–Crippen MR) is 279 cm³/mol. The molecule has 1 heterocycles. The van der Waals surface area contributed by atoms with Gasteiger partial charge in [0.15, 0.2) is 0 Å². The van der Waals surface area contributed by atoms with Crippen molar-refractivity contribution in [3.05, 3.63) is 82.9 Å². The van der Waals surface area contributed by atoms with Crippen molar-refractivity contribution >= 4 is 12.3 Å². The second kappa shape index (κ2) is 18.1. The lowest BCUT2D eigenvalue weighted by Gasteiger charge is -2.75. The zero-order chi connectivity index (χ0) is 51.0. The third-order valence-electron chi connectivity index (χ3n) is 24.6. The molecule has 1 aliphatic heterocycles. The summed E-state index contributed by atoms with van der Waals surface area (Å²) < 4.78 is 6.40. The summed E-state index contributed by atoms with van der Waals surface area (Å²) >= 11 is 0. The van der Waals surface area contributed by atoms with Gasteiger partial charge in [-0.15, -0.1) is 0 Å². The third kappa shape index (κ3) is 6.94. The molecule has 398 valence electrons. The summed E-state index contributed by atoms with van der Waals surface area (Å²) in [6.07, 6.45) is 16.2. The molecule has 0 aromatic heterocycles. The van der Waals surface area contributed by atoms with E-state index in [-0.39, 0.29) is 61.6 Å². The molecule has 7 N–H and O–H groups in total. The van der Waals surface area contributed by atoms with Gasteiger partial charge in [-0.25, -0.2) is 4.79 Å². The van der Waals surface area contributed by atoms with E-state index in [1.807, 2.05) is 18.2 Å². The number of esters is 1. The van der Waals surface area contributed by atoms with Gasteiger partial charge in [-0.2, -0.15) is 0 Å². The molecule has 10 heteroatoms. The van der Waals surface area contributed by atoms with Crippen molar-refractivity contribution in [1.82, 2.24) is 5.32 Å². The first kappa shape index (κ1) is 50.1. The number of nitrogens with one attached hydrogen (secondary N) is 1. The van der Waals surface area contributed by atoms with Crippen LogP contribution >= 0.6 is 0 Å². The summed E-state index contributed by atoms with van der Waals surface area (Å²) in [4.78, 5) is 29.2. The van der Waals surface area contributed by atoms with Gasteiger partial charge < -0.3 is 40.2 Å². The molecule has 11 aliphatic carbocycles. The van der Waals surface area contributed by atoms with Gasteiger partial charge in [-0.05, 0) is 173 Å². The zero-order valence-electron chi connectivity index (χ0n) is 43.8. The molecule has 74 heavy (non-hydrogen) atoms. The SMILES string of the molecule is C[C@H](C1CCCC1)[C@@H]1CC[C@@H]2[C@@H](O)[C@]3(CC[C@H](CCc4ccccc4)C3)C[C@]3(C=O)[C@H]4CC[C@@]56CC7(C#Cc8ccccc8C[C@@H](NCO)[C@H]8C[C@@H](C[C@]5(O)[C@]4(O)[C@H](O)[C@H](C1)[C@]23O)[C@@H]6C1=CC(=O)O[C@@H]18)CCCC7. The second-order valence-electron chi connectivity index (χ2n) is 27.3. The Labute approximate surface area is 438 Å². The number of hydrogen-bond acceptors (Lipinski definition) is 10. The van der Waals surface area contributed by atoms with Gasteiger partial charge in [0.2, 0.25) is 0 Å². The molecule has 12 aliphatic rings. The number of rotatable bonds is 8. The van der Waals surface area contributed by atoms with Crippen LogP contribution in [0.2, 0.25) is 0 Å². The van der Waals surface area contributed by atoms with E-state index in [0.29, 0.717) is 56.8 Å². The molecule has 0 unspecified atom stereocenters. The molecule has 14 rings (SSSR count).